The second-order valence-electron chi connectivity index (χ2n) is 2.86. The number of allylic oxidation sites excluding steroid dienone is 3. The van der Waals surface area contributed by atoms with Gasteiger partial charge in [-0.15, -0.1) is 0 Å². The zero-order valence-electron chi connectivity index (χ0n) is 8.49. The molecule has 0 atom stereocenters. The summed E-state index contributed by atoms with van der Waals surface area (Å²) < 4.78 is 4.90. The molecule has 0 saturated heterocycles. The van der Waals surface area contributed by atoms with Gasteiger partial charge in [-0.2, -0.15) is 0 Å². The summed E-state index contributed by atoms with van der Waals surface area (Å²) in [7, 11) is 3.87. The first-order chi connectivity index (χ1) is 6.16. The Hall–Kier alpha value is -1.09. The van der Waals surface area contributed by atoms with Crippen molar-refractivity contribution in [3.8, 4) is 0 Å². The highest BCUT2D eigenvalue weighted by Crippen LogP contribution is 1.84. The van der Waals surface area contributed by atoms with Gasteiger partial charge < -0.3 is 9.64 Å². The fraction of sp³-hybridized carbons (Fsp3) is 0.500. The van der Waals surface area contributed by atoms with E-state index in [4.69, 9.17) is 4.74 Å². The highest BCUT2D eigenvalue weighted by molar-refractivity contribution is 5.82. The van der Waals surface area contributed by atoms with Crippen LogP contribution in [0.2, 0.25) is 0 Å². The van der Waals surface area contributed by atoms with Crippen LogP contribution in [0.15, 0.2) is 24.3 Å². The van der Waals surface area contributed by atoms with Crippen LogP contribution in [0.4, 0.5) is 0 Å². The van der Waals surface area contributed by atoms with Crippen molar-refractivity contribution < 1.29 is 9.53 Å². The predicted molar refractivity (Wildman–Crippen MR) is 53.5 cm³/mol. The molecule has 0 aromatic heterocycles. The normalized spacial score (nSPS) is 11.7. The van der Waals surface area contributed by atoms with Gasteiger partial charge in [0.1, 0.15) is 6.61 Å². The van der Waals surface area contributed by atoms with E-state index in [0.717, 1.165) is 6.54 Å². The molecule has 0 aromatic rings. The third-order valence-electron chi connectivity index (χ3n) is 1.32. The first kappa shape index (κ1) is 11.9. The Morgan fingerprint density at radius 1 is 1.38 bits per heavy atom. The van der Waals surface area contributed by atoms with Crippen LogP contribution in [0, 0.1) is 0 Å². The van der Waals surface area contributed by atoms with Gasteiger partial charge in [-0.3, -0.25) is 0 Å². The fourth-order valence-electron chi connectivity index (χ4n) is 0.622. The SMILES string of the molecule is C/C=C/C=C/C(=O)OCCN(C)C. The quantitative estimate of drug-likeness (QED) is 0.364. The second kappa shape index (κ2) is 7.55. The molecule has 0 radical (unpaired) electrons. The van der Waals surface area contributed by atoms with Gasteiger partial charge in [-0.05, 0) is 21.0 Å². The van der Waals surface area contributed by atoms with Gasteiger partial charge in [0.05, 0.1) is 0 Å². The van der Waals surface area contributed by atoms with Crippen LogP contribution < -0.4 is 0 Å². The van der Waals surface area contributed by atoms with Crippen molar-refractivity contribution >= 4 is 5.97 Å². The summed E-state index contributed by atoms with van der Waals surface area (Å²) >= 11 is 0. The molecule has 0 amide bonds. The maximum absolute atomic E-state index is 10.9. The summed E-state index contributed by atoms with van der Waals surface area (Å²) in [4.78, 5) is 12.9. The lowest BCUT2D eigenvalue weighted by Gasteiger charge is -2.08. The molecular formula is C10H17NO2. The van der Waals surface area contributed by atoms with Crippen LogP contribution in [0.5, 0.6) is 0 Å². The lowest BCUT2D eigenvalue weighted by atomic mass is 10.4. The van der Waals surface area contributed by atoms with E-state index in [0.29, 0.717) is 6.61 Å². The molecule has 0 unspecified atom stereocenters. The molecule has 3 heteroatoms. The van der Waals surface area contributed by atoms with E-state index >= 15 is 0 Å². The van der Waals surface area contributed by atoms with Crippen molar-refractivity contribution in [2.24, 2.45) is 0 Å². The minimum Gasteiger partial charge on any atom is -0.461 e. The molecule has 0 aromatic carbocycles. The Morgan fingerprint density at radius 3 is 2.62 bits per heavy atom. The first-order valence-electron chi connectivity index (χ1n) is 4.27. The van der Waals surface area contributed by atoms with Crippen molar-refractivity contribution in [3.63, 3.8) is 0 Å². The molecule has 0 heterocycles. The smallest absolute Gasteiger partial charge is 0.330 e. The first-order valence-corrected chi connectivity index (χ1v) is 4.27. The number of carbonyl (C=O) groups excluding carboxylic acids is 1. The van der Waals surface area contributed by atoms with E-state index in [2.05, 4.69) is 0 Å². The topological polar surface area (TPSA) is 29.5 Å². The second-order valence-corrected chi connectivity index (χ2v) is 2.86. The van der Waals surface area contributed by atoms with Crippen LogP contribution in [0.25, 0.3) is 0 Å². The fourth-order valence-corrected chi connectivity index (χ4v) is 0.622. The summed E-state index contributed by atoms with van der Waals surface area (Å²) in [6, 6.07) is 0. The summed E-state index contributed by atoms with van der Waals surface area (Å²) in [6.45, 7) is 3.08. The van der Waals surface area contributed by atoms with E-state index in [-0.39, 0.29) is 5.97 Å². The van der Waals surface area contributed by atoms with E-state index in [1.165, 1.54) is 6.08 Å². The number of rotatable bonds is 5. The standard InChI is InChI=1S/C10H17NO2/c1-4-5-6-7-10(12)13-9-8-11(2)3/h4-7H,8-9H2,1-3H3/b5-4+,7-6+. The number of ether oxygens (including phenoxy) is 1. The minimum atomic E-state index is -0.292. The number of hydrogen-bond donors (Lipinski definition) is 0. The van der Waals surface area contributed by atoms with Crippen LogP contribution in [-0.4, -0.2) is 38.1 Å². The Labute approximate surface area is 79.7 Å². The molecule has 0 bridgehead atoms. The van der Waals surface area contributed by atoms with Gasteiger partial charge in [0.25, 0.3) is 0 Å². The molecule has 13 heavy (non-hydrogen) atoms. The van der Waals surface area contributed by atoms with Gasteiger partial charge >= 0.3 is 5.97 Å². The molecule has 0 rings (SSSR count). The van der Waals surface area contributed by atoms with Crippen molar-refractivity contribution in [3.05, 3.63) is 24.3 Å². The summed E-state index contributed by atoms with van der Waals surface area (Å²) in [6.07, 6.45) is 6.71. The van der Waals surface area contributed by atoms with Crippen molar-refractivity contribution in [2.75, 3.05) is 27.2 Å². The third kappa shape index (κ3) is 8.82. The maximum Gasteiger partial charge on any atom is 0.330 e. The van der Waals surface area contributed by atoms with Crippen molar-refractivity contribution in [1.29, 1.82) is 0 Å². The van der Waals surface area contributed by atoms with Crippen molar-refractivity contribution in [1.82, 2.24) is 4.90 Å². The Kier molecular flexibility index (Phi) is 6.92. The number of likely N-dealkylation sites (N-methyl/N-ethyl adjacent to an activating group) is 1. The maximum atomic E-state index is 10.9. The average molecular weight is 183 g/mol. The van der Waals surface area contributed by atoms with Gasteiger partial charge in [0.15, 0.2) is 0 Å². The summed E-state index contributed by atoms with van der Waals surface area (Å²) in [5, 5.41) is 0. The Morgan fingerprint density at radius 2 is 2.08 bits per heavy atom. The lowest BCUT2D eigenvalue weighted by molar-refractivity contribution is -0.138. The van der Waals surface area contributed by atoms with E-state index in [1.54, 1.807) is 12.2 Å². The lowest BCUT2D eigenvalue weighted by Crippen LogP contribution is -2.19. The molecule has 0 fully saturated rings. The molecule has 0 aliphatic rings. The molecular weight excluding hydrogens is 166 g/mol. The highest BCUT2D eigenvalue weighted by atomic mass is 16.5. The molecule has 0 spiro atoms. The molecule has 0 aliphatic carbocycles. The number of esters is 1. The molecule has 74 valence electrons. The highest BCUT2D eigenvalue weighted by Gasteiger charge is 1.95. The average Bonchev–Trinajstić information content (AvgIpc) is 2.04. The van der Waals surface area contributed by atoms with Crippen LogP contribution >= 0.6 is 0 Å². The summed E-state index contributed by atoms with van der Waals surface area (Å²) in [5.74, 6) is -0.292. The zero-order valence-corrected chi connectivity index (χ0v) is 8.49. The van der Waals surface area contributed by atoms with Gasteiger partial charge in [0, 0.05) is 12.6 Å². The predicted octanol–water partition coefficient (Wildman–Crippen LogP) is 1.22. The minimum absolute atomic E-state index is 0.292. The Bertz CT molecular complexity index is 195. The third-order valence-corrected chi connectivity index (χ3v) is 1.32. The van der Waals surface area contributed by atoms with Gasteiger partial charge in [-0.1, -0.05) is 18.2 Å². The Balaban J connectivity index is 3.51. The number of carbonyl (C=O) groups is 1. The zero-order chi connectivity index (χ0) is 10.1. The van der Waals surface area contributed by atoms with Gasteiger partial charge in [0.2, 0.25) is 0 Å². The van der Waals surface area contributed by atoms with E-state index in [1.807, 2.05) is 32.0 Å². The van der Waals surface area contributed by atoms with Crippen molar-refractivity contribution in [2.45, 2.75) is 6.92 Å². The molecule has 0 N–H and O–H groups in total. The summed E-state index contributed by atoms with van der Waals surface area (Å²) in [5.41, 5.74) is 0. The molecule has 0 aliphatic heterocycles. The molecule has 3 nitrogen and oxygen atoms in total. The largest absolute Gasteiger partial charge is 0.461 e. The monoisotopic (exact) mass is 183 g/mol. The number of hydrogen-bond acceptors (Lipinski definition) is 3. The number of nitrogens with zero attached hydrogens (tertiary/aromatic N) is 1. The van der Waals surface area contributed by atoms with E-state index in [9.17, 15) is 4.79 Å². The van der Waals surface area contributed by atoms with Crippen LogP contribution in [0.1, 0.15) is 6.92 Å². The van der Waals surface area contributed by atoms with Gasteiger partial charge in [-0.25, -0.2) is 4.79 Å². The van der Waals surface area contributed by atoms with E-state index < -0.39 is 0 Å². The van der Waals surface area contributed by atoms with Crippen LogP contribution in [0.3, 0.4) is 0 Å². The van der Waals surface area contributed by atoms with Crippen LogP contribution in [-0.2, 0) is 9.53 Å². The molecule has 0 saturated carbocycles.